The number of esters is 1. The highest BCUT2D eigenvalue weighted by atomic mass is 16.5. The molecule has 0 radical (unpaired) electrons. The van der Waals surface area contributed by atoms with Crippen molar-refractivity contribution in [1.82, 2.24) is 4.98 Å². The Labute approximate surface area is 126 Å². The summed E-state index contributed by atoms with van der Waals surface area (Å²) >= 11 is 0. The van der Waals surface area contributed by atoms with Crippen LogP contribution in [-0.4, -0.2) is 16.7 Å². The molecule has 0 aliphatic heterocycles. The van der Waals surface area contributed by atoms with Crippen LogP contribution in [0, 0.1) is 6.92 Å². The van der Waals surface area contributed by atoms with E-state index in [1.54, 1.807) is 49.4 Å². The number of carbonyl (C=O) groups excluding carboxylic acids is 2. The van der Waals surface area contributed by atoms with Gasteiger partial charge in [0.2, 0.25) is 0 Å². The maximum atomic E-state index is 12.4. The minimum atomic E-state index is -0.588. The molecule has 0 spiro atoms. The number of hydrogen-bond acceptors (Lipinski definition) is 5. The van der Waals surface area contributed by atoms with E-state index in [0.29, 0.717) is 22.6 Å². The lowest BCUT2D eigenvalue weighted by Crippen LogP contribution is -2.11. The predicted molar refractivity (Wildman–Crippen MR) is 80.2 cm³/mol. The summed E-state index contributed by atoms with van der Waals surface area (Å²) in [4.78, 5) is 28.2. The number of hydrogen-bond donors (Lipinski definition) is 0. The van der Waals surface area contributed by atoms with E-state index in [1.807, 2.05) is 0 Å². The van der Waals surface area contributed by atoms with Gasteiger partial charge < -0.3 is 9.15 Å². The Morgan fingerprint density at radius 1 is 1.05 bits per heavy atom. The van der Waals surface area contributed by atoms with Gasteiger partial charge in [0.25, 0.3) is 0 Å². The lowest BCUT2D eigenvalue weighted by Gasteiger charge is -2.07. The van der Waals surface area contributed by atoms with E-state index in [4.69, 9.17) is 9.15 Å². The first kappa shape index (κ1) is 14.0. The van der Waals surface area contributed by atoms with E-state index in [2.05, 4.69) is 4.98 Å². The van der Waals surface area contributed by atoms with Crippen molar-refractivity contribution in [1.29, 1.82) is 0 Å². The molecule has 1 aromatic heterocycles. The molecule has 0 bridgehead atoms. The van der Waals surface area contributed by atoms with Crippen molar-refractivity contribution in [2.24, 2.45) is 0 Å². The number of rotatable bonds is 3. The van der Waals surface area contributed by atoms with Gasteiger partial charge >= 0.3 is 5.97 Å². The summed E-state index contributed by atoms with van der Waals surface area (Å²) in [6.45, 7) is 3.13. The highest BCUT2D eigenvalue weighted by Crippen LogP contribution is 2.24. The average Bonchev–Trinajstić information content (AvgIpc) is 2.87. The molecule has 2 aromatic carbocycles. The number of para-hydroxylation sites is 2. The first-order chi connectivity index (χ1) is 10.6. The van der Waals surface area contributed by atoms with Crippen molar-refractivity contribution in [3.63, 3.8) is 0 Å². The molecule has 5 nitrogen and oxygen atoms in total. The number of carbonyl (C=O) groups is 2. The number of oxazole rings is 1. The van der Waals surface area contributed by atoms with Crippen LogP contribution in [0.1, 0.15) is 33.5 Å². The van der Waals surface area contributed by atoms with Gasteiger partial charge in [-0.05, 0) is 31.2 Å². The predicted octanol–water partition coefficient (Wildman–Crippen LogP) is 3.56. The van der Waals surface area contributed by atoms with E-state index in [1.165, 1.54) is 6.92 Å². The SMILES string of the molecule is CC(=O)c1ccccc1OC(=O)c1cccc2nc(C)oc12. The van der Waals surface area contributed by atoms with Gasteiger partial charge in [-0.1, -0.05) is 18.2 Å². The van der Waals surface area contributed by atoms with Crippen molar-refractivity contribution in [2.75, 3.05) is 0 Å². The molecule has 22 heavy (non-hydrogen) atoms. The molecule has 1 heterocycles. The van der Waals surface area contributed by atoms with E-state index in [0.717, 1.165) is 0 Å². The average molecular weight is 295 g/mol. The van der Waals surface area contributed by atoms with E-state index in [9.17, 15) is 9.59 Å². The molecule has 0 amide bonds. The van der Waals surface area contributed by atoms with Crippen LogP contribution >= 0.6 is 0 Å². The summed E-state index contributed by atoms with van der Waals surface area (Å²) in [7, 11) is 0. The molecular weight excluding hydrogens is 282 g/mol. The quantitative estimate of drug-likeness (QED) is 0.420. The fraction of sp³-hybridized carbons (Fsp3) is 0.118. The Balaban J connectivity index is 1.99. The molecular formula is C17H13NO4. The van der Waals surface area contributed by atoms with Crippen LogP contribution in [0.5, 0.6) is 5.75 Å². The highest BCUT2D eigenvalue weighted by Gasteiger charge is 2.18. The lowest BCUT2D eigenvalue weighted by atomic mass is 10.1. The smallest absolute Gasteiger partial charge is 0.347 e. The number of aromatic nitrogens is 1. The van der Waals surface area contributed by atoms with E-state index < -0.39 is 5.97 Å². The van der Waals surface area contributed by atoms with E-state index >= 15 is 0 Å². The first-order valence-electron chi connectivity index (χ1n) is 6.74. The Morgan fingerprint density at radius 3 is 2.55 bits per heavy atom. The van der Waals surface area contributed by atoms with Gasteiger partial charge in [-0.15, -0.1) is 0 Å². The second kappa shape index (κ2) is 5.44. The third-order valence-corrected chi connectivity index (χ3v) is 3.21. The second-order valence-electron chi connectivity index (χ2n) is 4.83. The molecule has 0 N–H and O–H groups in total. The zero-order valence-corrected chi connectivity index (χ0v) is 12.1. The Kier molecular flexibility index (Phi) is 3.47. The molecule has 3 rings (SSSR count). The number of ether oxygens (including phenoxy) is 1. The summed E-state index contributed by atoms with van der Waals surface area (Å²) in [6, 6.07) is 11.7. The largest absolute Gasteiger partial charge is 0.440 e. The Bertz CT molecular complexity index is 879. The maximum Gasteiger partial charge on any atom is 0.347 e. The molecule has 0 aliphatic carbocycles. The van der Waals surface area contributed by atoms with Crippen LogP contribution in [0.15, 0.2) is 46.9 Å². The zero-order chi connectivity index (χ0) is 15.7. The fourth-order valence-corrected chi connectivity index (χ4v) is 2.22. The Hall–Kier alpha value is -2.95. The summed E-state index contributed by atoms with van der Waals surface area (Å²) in [6.07, 6.45) is 0. The standard InChI is InChI=1S/C17H13NO4/c1-10(19)12-6-3-4-9-15(12)22-17(20)13-7-5-8-14-16(13)21-11(2)18-14/h3-9H,1-2H3. The van der Waals surface area contributed by atoms with Crippen LogP contribution in [0.2, 0.25) is 0 Å². The zero-order valence-electron chi connectivity index (χ0n) is 12.1. The molecule has 5 heteroatoms. The van der Waals surface area contributed by atoms with Crippen molar-refractivity contribution >= 4 is 22.9 Å². The molecule has 0 saturated carbocycles. The number of aryl methyl sites for hydroxylation is 1. The summed E-state index contributed by atoms with van der Waals surface area (Å²) in [5, 5.41) is 0. The number of nitrogens with zero attached hydrogens (tertiary/aromatic N) is 1. The van der Waals surface area contributed by atoms with Crippen LogP contribution in [0.25, 0.3) is 11.1 Å². The lowest BCUT2D eigenvalue weighted by molar-refractivity contribution is 0.0733. The molecule has 0 unspecified atom stereocenters. The first-order valence-corrected chi connectivity index (χ1v) is 6.74. The number of fused-ring (bicyclic) bond motifs is 1. The van der Waals surface area contributed by atoms with Gasteiger partial charge in [-0.3, -0.25) is 4.79 Å². The molecule has 110 valence electrons. The molecule has 0 saturated heterocycles. The number of ketones is 1. The fourth-order valence-electron chi connectivity index (χ4n) is 2.22. The summed E-state index contributed by atoms with van der Waals surface area (Å²) in [5.41, 5.74) is 1.60. The van der Waals surface area contributed by atoms with Crippen LogP contribution in [0.4, 0.5) is 0 Å². The molecule has 3 aromatic rings. The number of benzene rings is 2. The van der Waals surface area contributed by atoms with Crippen LogP contribution in [0.3, 0.4) is 0 Å². The van der Waals surface area contributed by atoms with Gasteiger partial charge in [0, 0.05) is 6.92 Å². The molecule has 0 atom stereocenters. The molecule has 0 aliphatic rings. The van der Waals surface area contributed by atoms with Crippen molar-refractivity contribution in [3.05, 3.63) is 59.5 Å². The van der Waals surface area contributed by atoms with Gasteiger partial charge in [-0.2, -0.15) is 0 Å². The summed E-state index contributed by atoms with van der Waals surface area (Å²) < 4.78 is 10.8. The van der Waals surface area contributed by atoms with E-state index in [-0.39, 0.29) is 17.1 Å². The van der Waals surface area contributed by atoms with Crippen molar-refractivity contribution in [3.8, 4) is 5.75 Å². The summed E-state index contributed by atoms with van der Waals surface area (Å²) in [5.74, 6) is -0.0554. The van der Waals surface area contributed by atoms with Gasteiger partial charge in [0.05, 0.1) is 5.56 Å². The van der Waals surface area contributed by atoms with Crippen molar-refractivity contribution < 1.29 is 18.7 Å². The number of Topliss-reactive ketones (excluding diaryl/α,β-unsaturated/α-hetero) is 1. The Morgan fingerprint density at radius 2 is 1.77 bits per heavy atom. The maximum absolute atomic E-state index is 12.4. The third kappa shape index (κ3) is 2.48. The van der Waals surface area contributed by atoms with Crippen LogP contribution in [-0.2, 0) is 0 Å². The monoisotopic (exact) mass is 295 g/mol. The third-order valence-electron chi connectivity index (χ3n) is 3.21. The van der Waals surface area contributed by atoms with Gasteiger partial charge in [0.15, 0.2) is 17.3 Å². The second-order valence-corrected chi connectivity index (χ2v) is 4.83. The highest BCUT2D eigenvalue weighted by molar-refractivity contribution is 6.03. The topological polar surface area (TPSA) is 69.4 Å². The van der Waals surface area contributed by atoms with Crippen molar-refractivity contribution in [2.45, 2.75) is 13.8 Å². The molecule has 0 fully saturated rings. The van der Waals surface area contributed by atoms with Gasteiger partial charge in [-0.25, -0.2) is 9.78 Å². The minimum absolute atomic E-state index is 0.169. The van der Waals surface area contributed by atoms with Gasteiger partial charge in [0.1, 0.15) is 16.8 Å². The van der Waals surface area contributed by atoms with Crippen LogP contribution < -0.4 is 4.74 Å². The minimum Gasteiger partial charge on any atom is -0.440 e. The normalized spacial score (nSPS) is 10.6.